The van der Waals surface area contributed by atoms with Crippen LogP contribution in [0, 0.1) is 39.8 Å². The first-order chi connectivity index (χ1) is 32.5. The number of hydrogen-bond acceptors (Lipinski definition) is 7. The van der Waals surface area contributed by atoms with E-state index in [2.05, 4.69) is 148 Å². The number of benzene rings is 5. The van der Waals surface area contributed by atoms with Gasteiger partial charge in [-0.05, 0) is 86.5 Å². The number of aromatic nitrogens is 6. The predicted octanol–water partition coefficient (Wildman–Crippen LogP) is 14.1. The van der Waals surface area contributed by atoms with Gasteiger partial charge in [-0.3, -0.25) is 15.0 Å². The molecule has 1 radical (unpaired) electrons. The van der Waals surface area contributed by atoms with Gasteiger partial charge in [0.05, 0.1) is 33.7 Å². The molecule has 5 aromatic carbocycles. The van der Waals surface area contributed by atoms with E-state index in [0.29, 0.717) is 11.3 Å². The maximum atomic E-state index is 6.34. The summed E-state index contributed by atoms with van der Waals surface area (Å²) in [6.45, 7) is 8.22. The van der Waals surface area contributed by atoms with E-state index < -0.39 is 13.3 Å². The van der Waals surface area contributed by atoms with E-state index >= 15 is 0 Å². The molecule has 68 heavy (non-hydrogen) atoms. The SMILES string of the molecule is Cc1cc2nc(-c3[c-]cnc4c3oc3nc(C)ccc34)n(-c3c(C)cc(-c4ccccc4)cc3C)c2cn1.[CH3][Ge]([CH3])([CH3])[c]1cnc(-c2[c-]cccc2)cc1-c1cccc2c1oc1ccccc12.[Ir]. The molecule has 0 aliphatic rings. The Morgan fingerprint density at radius 1 is 0.588 bits per heavy atom. The molecule has 0 saturated carbocycles. The van der Waals surface area contributed by atoms with Crippen LogP contribution in [0.1, 0.15) is 22.5 Å². The zero-order chi connectivity index (χ0) is 46.0. The average molecular weight is 1120 g/mol. The van der Waals surface area contributed by atoms with Crippen LogP contribution in [0.4, 0.5) is 0 Å². The molecule has 335 valence electrons. The van der Waals surface area contributed by atoms with Crippen molar-refractivity contribution >= 4 is 72.8 Å². The van der Waals surface area contributed by atoms with Crippen LogP contribution < -0.4 is 4.40 Å². The van der Waals surface area contributed by atoms with Crippen molar-refractivity contribution in [3.8, 4) is 50.6 Å². The summed E-state index contributed by atoms with van der Waals surface area (Å²) >= 11 is -2.18. The molecule has 0 atom stereocenters. The second-order valence-electron chi connectivity index (χ2n) is 18.2. The Labute approximate surface area is 410 Å². The second-order valence-corrected chi connectivity index (χ2v) is 28.8. The van der Waals surface area contributed by atoms with Gasteiger partial charge in [0, 0.05) is 43.0 Å². The van der Waals surface area contributed by atoms with Crippen molar-refractivity contribution in [2.45, 2.75) is 45.0 Å². The largest absolute Gasteiger partial charge is 0 e. The number of pyridine rings is 4. The molecular formula is C58H46GeIrN6O2-2. The van der Waals surface area contributed by atoms with Crippen molar-refractivity contribution in [1.82, 2.24) is 29.5 Å². The monoisotopic (exact) mass is 1130 g/mol. The van der Waals surface area contributed by atoms with E-state index in [-0.39, 0.29) is 20.1 Å². The summed E-state index contributed by atoms with van der Waals surface area (Å²) in [6, 6.07) is 52.5. The third kappa shape index (κ3) is 8.04. The smallest absolute Gasteiger partial charge is 0 e. The molecule has 0 aliphatic heterocycles. The molecule has 0 bridgehead atoms. The molecule has 0 saturated heterocycles. The zero-order valence-electron chi connectivity index (χ0n) is 38.8. The number of para-hydroxylation sites is 2. The summed E-state index contributed by atoms with van der Waals surface area (Å²) in [4.78, 5) is 23.7. The van der Waals surface area contributed by atoms with Gasteiger partial charge in [-0.15, -0.1) is 11.6 Å². The number of aryl methyl sites for hydroxylation is 4. The molecule has 0 spiro atoms. The van der Waals surface area contributed by atoms with Gasteiger partial charge in [-0.2, -0.15) is 0 Å². The van der Waals surface area contributed by atoms with Crippen LogP contribution in [-0.2, 0) is 20.1 Å². The molecule has 0 N–H and O–H groups in total. The van der Waals surface area contributed by atoms with Crippen LogP contribution in [0.3, 0.4) is 0 Å². The van der Waals surface area contributed by atoms with Gasteiger partial charge < -0.3 is 8.98 Å². The Kier molecular flexibility index (Phi) is 11.8. The van der Waals surface area contributed by atoms with Gasteiger partial charge in [0.1, 0.15) is 0 Å². The van der Waals surface area contributed by atoms with Crippen molar-refractivity contribution in [3.63, 3.8) is 0 Å². The van der Waals surface area contributed by atoms with Crippen LogP contribution in [0.2, 0.25) is 17.3 Å². The van der Waals surface area contributed by atoms with E-state index in [1.807, 2.05) is 74.6 Å². The molecule has 0 amide bonds. The van der Waals surface area contributed by atoms with Crippen molar-refractivity contribution < 1.29 is 28.9 Å². The van der Waals surface area contributed by atoms with E-state index in [9.17, 15) is 0 Å². The van der Waals surface area contributed by atoms with Gasteiger partial charge in [-0.25, -0.2) is 4.98 Å². The summed E-state index contributed by atoms with van der Waals surface area (Å²) in [6.07, 6.45) is 5.68. The predicted molar refractivity (Wildman–Crippen MR) is 275 cm³/mol. The quantitative estimate of drug-likeness (QED) is 0.121. The fraction of sp³-hybridized carbons (Fsp3) is 0.121. The van der Waals surface area contributed by atoms with Crippen LogP contribution in [0.5, 0.6) is 0 Å². The maximum Gasteiger partial charge on any atom is 0 e. The average Bonchev–Trinajstić information content (AvgIpc) is 4.02. The zero-order valence-corrected chi connectivity index (χ0v) is 43.3. The fourth-order valence-corrected chi connectivity index (χ4v) is 12.3. The fourth-order valence-electron chi connectivity index (χ4n) is 9.26. The van der Waals surface area contributed by atoms with E-state index in [1.165, 1.54) is 21.1 Å². The third-order valence-corrected chi connectivity index (χ3v) is 16.6. The number of nitrogens with zero attached hydrogens (tertiary/aromatic N) is 6. The van der Waals surface area contributed by atoms with Gasteiger partial charge in [0.25, 0.3) is 0 Å². The maximum absolute atomic E-state index is 6.34. The van der Waals surface area contributed by atoms with Gasteiger partial charge in [0.2, 0.25) is 5.71 Å². The normalized spacial score (nSPS) is 11.6. The summed E-state index contributed by atoms with van der Waals surface area (Å²) in [5.41, 5.74) is 18.2. The molecule has 12 aromatic rings. The number of imidazole rings is 1. The second kappa shape index (κ2) is 17.9. The van der Waals surface area contributed by atoms with E-state index in [0.717, 1.165) is 100 Å². The van der Waals surface area contributed by atoms with Crippen LogP contribution >= 0.6 is 0 Å². The minimum atomic E-state index is -2.18. The number of hydrogen-bond donors (Lipinski definition) is 0. The van der Waals surface area contributed by atoms with Gasteiger partial charge in [-0.1, -0.05) is 30.3 Å². The van der Waals surface area contributed by atoms with Crippen LogP contribution in [0.15, 0.2) is 161 Å². The summed E-state index contributed by atoms with van der Waals surface area (Å²) in [5.74, 6) is 7.96. The Bertz CT molecular complexity index is 3830. The van der Waals surface area contributed by atoms with Gasteiger partial charge >= 0.3 is 174 Å². The number of rotatable bonds is 6. The Morgan fingerprint density at radius 3 is 2.13 bits per heavy atom. The third-order valence-electron chi connectivity index (χ3n) is 12.4. The minimum absolute atomic E-state index is 0. The topological polar surface area (TPSA) is 95.7 Å². The van der Waals surface area contributed by atoms with Crippen molar-refractivity contribution in [2.24, 2.45) is 0 Å². The van der Waals surface area contributed by atoms with E-state index in [4.69, 9.17) is 18.8 Å². The molecule has 0 fully saturated rings. The number of furan rings is 2. The van der Waals surface area contributed by atoms with Crippen LogP contribution in [-0.4, -0.2) is 42.8 Å². The summed E-state index contributed by atoms with van der Waals surface area (Å²) in [5, 5.41) is 3.20. The Morgan fingerprint density at radius 2 is 1.35 bits per heavy atom. The van der Waals surface area contributed by atoms with Crippen molar-refractivity contribution in [1.29, 1.82) is 0 Å². The first kappa shape index (κ1) is 44.8. The first-order valence-electron chi connectivity index (χ1n) is 22.5. The van der Waals surface area contributed by atoms with Crippen LogP contribution in [0.25, 0.3) is 106 Å². The standard InChI is InChI=1S/C32H24N5O.C26H22GeNO.Ir/c1-18-14-23(22-8-6-5-7-9-22)15-19(2)29(18)37-27-17-34-21(4)16-26(27)36-31(37)25-12-13-33-28-24-11-10-20(3)35-32(24)38-30(25)28;1-27(2,3)23-17-28-24(18-10-5-4-6-11-18)16-22(23)21-14-9-13-20-19-12-7-8-15-25(19)29-26(20)21;/h5-11,13-17H,1-4H3;4-10,12-17H,1-3H3;/q2*-1;. The molecule has 10 heteroatoms. The molecule has 12 rings (SSSR count). The Balaban J connectivity index is 0.000000162. The molecule has 7 aromatic heterocycles. The van der Waals surface area contributed by atoms with Crippen molar-refractivity contribution in [2.75, 3.05) is 0 Å². The van der Waals surface area contributed by atoms with Gasteiger partial charge in [0.15, 0.2) is 0 Å². The van der Waals surface area contributed by atoms with Crippen molar-refractivity contribution in [3.05, 3.63) is 187 Å². The molecule has 7 heterocycles. The molecular weight excluding hydrogens is 1080 g/mol. The summed E-state index contributed by atoms with van der Waals surface area (Å²) < 4.78 is 16.2. The Hall–Kier alpha value is -7.04. The summed E-state index contributed by atoms with van der Waals surface area (Å²) in [7, 11) is 0. The first-order valence-corrected chi connectivity index (χ1v) is 29.8. The van der Waals surface area contributed by atoms with E-state index in [1.54, 1.807) is 6.20 Å². The molecule has 8 nitrogen and oxygen atoms in total. The minimum Gasteiger partial charge on any atom is 0 e. The molecule has 0 unspecified atom stereocenters. The molecule has 0 aliphatic carbocycles. The number of fused-ring (bicyclic) bond motifs is 7.